The highest BCUT2D eigenvalue weighted by molar-refractivity contribution is 5.85. The number of carbonyl (C=O) groups is 1. The van der Waals surface area contributed by atoms with Gasteiger partial charge in [-0.2, -0.15) is 0 Å². The Morgan fingerprint density at radius 2 is 2.24 bits per heavy atom. The molecule has 1 unspecified atom stereocenters. The average molecular weight is 278 g/mol. The number of halogens is 2. The average Bonchev–Trinajstić information content (AvgIpc) is 2.66. The van der Waals surface area contributed by atoms with Crippen LogP contribution in [0.15, 0.2) is 24.4 Å². The predicted octanol–water partition coefficient (Wildman–Crippen LogP) is 1.29. The number of nitrogens with one attached hydrogen (secondary N) is 2. The van der Waals surface area contributed by atoms with Crippen molar-refractivity contribution in [1.29, 1.82) is 0 Å². The summed E-state index contributed by atoms with van der Waals surface area (Å²) in [6, 6.07) is 6.16. The Balaban J connectivity index is 0.00000128. The second-order valence-corrected chi connectivity index (χ2v) is 3.76. The molecule has 2 heterocycles. The van der Waals surface area contributed by atoms with Gasteiger partial charge in [-0.15, -0.1) is 24.8 Å². The second kappa shape index (κ2) is 8.28. The quantitative estimate of drug-likeness (QED) is 0.872. The largest absolute Gasteiger partial charge is 0.352 e. The van der Waals surface area contributed by atoms with Crippen LogP contribution >= 0.6 is 24.8 Å². The lowest BCUT2D eigenvalue weighted by Gasteiger charge is -2.10. The summed E-state index contributed by atoms with van der Waals surface area (Å²) in [5.74, 6) is 0.166. The molecule has 0 radical (unpaired) electrons. The molecule has 2 rings (SSSR count). The van der Waals surface area contributed by atoms with Gasteiger partial charge in [0.1, 0.15) is 0 Å². The zero-order chi connectivity index (χ0) is 10.5. The van der Waals surface area contributed by atoms with Gasteiger partial charge < -0.3 is 10.6 Å². The molecule has 4 nitrogen and oxygen atoms in total. The summed E-state index contributed by atoms with van der Waals surface area (Å²) in [6.07, 6.45) is 3.39. The second-order valence-electron chi connectivity index (χ2n) is 3.76. The molecule has 6 heteroatoms. The van der Waals surface area contributed by atoms with Crippen LogP contribution in [0.25, 0.3) is 0 Å². The zero-order valence-electron chi connectivity index (χ0n) is 9.39. The Hall–Kier alpha value is -0.840. The third kappa shape index (κ3) is 5.35. The molecular formula is C11H17Cl2N3O. The zero-order valence-corrected chi connectivity index (χ0v) is 11.0. The summed E-state index contributed by atoms with van der Waals surface area (Å²) < 4.78 is 0. The van der Waals surface area contributed by atoms with Crippen LogP contribution in [0, 0.1) is 0 Å². The van der Waals surface area contributed by atoms with Crippen LogP contribution in [0.2, 0.25) is 0 Å². The lowest BCUT2D eigenvalue weighted by atomic mass is 10.2. The molecule has 0 aliphatic carbocycles. The predicted molar refractivity (Wildman–Crippen MR) is 71.6 cm³/mol. The van der Waals surface area contributed by atoms with E-state index in [4.69, 9.17) is 0 Å². The van der Waals surface area contributed by atoms with Gasteiger partial charge in [-0.05, 0) is 18.6 Å². The van der Waals surface area contributed by atoms with E-state index in [0.29, 0.717) is 12.5 Å². The van der Waals surface area contributed by atoms with Crippen LogP contribution in [-0.2, 0) is 11.3 Å². The lowest BCUT2D eigenvalue weighted by Crippen LogP contribution is -2.35. The van der Waals surface area contributed by atoms with Crippen molar-refractivity contribution in [2.45, 2.75) is 25.4 Å². The van der Waals surface area contributed by atoms with E-state index < -0.39 is 0 Å². The van der Waals surface area contributed by atoms with Gasteiger partial charge in [-0.25, -0.2) is 0 Å². The van der Waals surface area contributed by atoms with Crippen molar-refractivity contribution in [3.8, 4) is 0 Å². The van der Waals surface area contributed by atoms with Gasteiger partial charge in [0, 0.05) is 31.7 Å². The standard InChI is InChI=1S/C11H15N3O.2ClH/c15-11-5-4-10(14-11)8-12-7-9-3-1-2-6-13-9;;/h1-3,6,10,12H,4-5,7-8H2,(H,14,15);2*1H. The molecule has 0 bridgehead atoms. The topological polar surface area (TPSA) is 54.0 Å². The minimum atomic E-state index is 0. The molecule has 1 aromatic heterocycles. The van der Waals surface area contributed by atoms with E-state index in [1.165, 1.54) is 0 Å². The fourth-order valence-electron chi connectivity index (χ4n) is 1.71. The van der Waals surface area contributed by atoms with E-state index in [1.54, 1.807) is 6.20 Å². The van der Waals surface area contributed by atoms with Crippen LogP contribution in [0.3, 0.4) is 0 Å². The maximum atomic E-state index is 10.9. The first-order valence-corrected chi connectivity index (χ1v) is 5.24. The molecule has 1 saturated heterocycles. The SMILES string of the molecule is Cl.Cl.O=C1CCC(CNCc2ccccn2)N1. The third-order valence-electron chi connectivity index (χ3n) is 2.51. The monoisotopic (exact) mass is 277 g/mol. The fourth-order valence-corrected chi connectivity index (χ4v) is 1.71. The first-order valence-electron chi connectivity index (χ1n) is 5.24. The Morgan fingerprint density at radius 1 is 1.41 bits per heavy atom. The number of pyridine rings is 1. The number of hydrogen-bond acceptors (Lipinski definition) is 3. The summed E-state index contributed by atoms with van der Waals surface area (Å²) in [4.78, 5) is 15.1. The van der Waals surface area contributed by atoms with E-state index in [1.807, 2.05) is 18.2 Å². The highest BCUT2D eigenvalue weighted by atomic mass is 35.5. The Labute approximate surface area is 113 Å². The van der Waals surface area contributed by atoms with Gasteiger partial charge in [0.2, 0.25) is 5.91 Å². The van der Waals surface area contributed by atoms with Crippen LogP contribution in [-0.4, -0.2) is 23.5 Å². The fraction of sp³-hybridized carbons (Fsp3) is 0.455. The molecule has 1 amide bonds. The van der Waals surface area contributed by atoms with E-state index in [0.717, 1.165) is 25.2 Å². The minimum Gasteiger partial charge on any atom is -0.352 e. The first-order chi connectivity index (χ1) is 7.34. The smallest absolute Gasteiger partial charge is 0.220 e. The van der Waals surface area contributed by atoms with Gasteiger partial charge in [-0.3, -0.25) is 9.78 Å². The van der Waals surface area contributed by atoms with Crippen molar-refractivity contribution in [2.24, 2.45) is 0 Å². The Bertz CT molecular complexity index is 335. The van der Waals surface area contributed by atoms with Crippen molar-refractivity contribution < 1.29 is 4.79 Å². The molecule has 2 N–H and O–H groups in total. The summed E-state index contributed by atoms with van der Waals surface area (Å²) >= 11 is 0. The Kier molecular flexibility index (Phi) is 7.87. The van der Waals surface area contributed by atoms with Gasteiger partial charge in [0.15, 0.2) is 0 Å². The van der Waals surface area contributed by atoms with E-state index in [-0.39, 0.29) is 30.7 Å². The molecule has 1 atom stereocenters. The van der Waals surface area contributed by atoms with Gasteiger partial charge in [0.25, 0.3) is 0 Å². The number of rotatable bonds is 4. The van der Waals surface area contributed by atoms with Crippen molar-refractivity contribution in [1.82, 2.24) is 15.6 Å². The maximum absolute atomic E-state index is 10.9. The normalized spacial score (nSPS) is 17.9. The molecular weight excluding hydrogens is 261 g/mol. The summed E-state index contributed by atoms with van der Waals surface area (Å²) in [6.45, 7) is 1.58. The highest BCUT2D eigenvalue weighted by Gasteiger charge is 2.19. The van der Waals surface area contributed by atoms with E-state index in [2.05, 4.69) is 15.6 Å². The molecule has 1 fully saturated rings. The molecule has 17 heavy (non-hydrogen) atoms. The molecule has 96 valence electrons. The maximum Gasteiger partial charge on any atom is 0.220 e. The molecule has 1 aliphatic heterocycles. The summed E-state index contributed by atoms with van der Waals surface area (Å²) in [5, 5.41) is 6.21. The van der Waals surface area contributed by atoms with E-state index in [9.17, 15) is 4.79 Å². The van der Waals surface area contributed by atoms with E-state index >= 15 is 0 Å². The lowest BCUT2D eigenvalue weighted by molar-refractivity contribution is -0.119. The van der Waals surface area contributed by atoms with Crippen LogP contribution in [0.1, 0.15) is 18.5 Å². The van der Waals surface area contributed by atoms with Crippen LogP contribution in [0.4, 0.5) is 0 Å². The van der Waals surface area contributed by atoms with Gasteiger partial charge >= 0.3 is 0 Å². The Morgan fingerprint density at radius 3 is 2.82 bits per heavy atom. The van der Waals surface area contributed by atoms with Crippen LogP contribution < -0.4 is 10.6 Å². The highest BCUT2D eigenvalue weighted by Crippen LogP contribution is 2.05. The minimum absolute atomic E-state index is 0. The number of nitrogens with zero attached hydrogens (tertiary/aromatic N) is 1. The third-order valence-corrected chi connectivity index (χ3v) is 2.51. The number of carbonyl (C=O) groups excluding carboxylic acids is 1. The van der Waals surface area contributed by atoms with Crippen molar-refractivity contribution in [2.75, 3.05) is 6.54 Å². The molecule has 1 aromatic rings. The number of hydrogen-bond donors (Lipinski definition) is 2. The van der Waals surface area contributed by atoms with Crippen molar-refractivity contribution in [3.63, 3.8) is 0 Å². The molecule has 0 aromatic carbocycles. The molecule has 0 saturated carbocycles. The van der Waals surface area contributed by atoms with Crippen molar-refractivity contribution >= 4 is 30.7 Å². The molecule has 0 spiro atoms. The first kappa shape index (κ1) is 16.2. The number of amides is 1. The summed E-state index contributed by atoms with van der Waals surface area (Å²) in [7, 11) is 0. The molecule has 1 aliphatic rings. The van der Waals surface area contributed by atoms with Gasteiger partial charge in [-0.1, -0.05) is 6.07 Å². The van der Waals surface area contributed by atoms with Gasteiger partial charge in [0.05, 0.1) is 5.69 Å². The van der Waals surface area contributed by atoms with Crippen LogP contribution in [0.5, 0.6) is 0 Å². The van der Waals surface area contributed by atoms with Crippen molar-refractivity contribution in [3.05, 3.63) is 30.1 Å². The summed E-state index contributed by atoms with van der Waals surface area (Å²) in [5.41, 5.74) is 1.03. The number of aromatic nitrogens is 1.